The highest BCUT2D eigenvalue weighted by atomic mass is 19.4. The molecular weight excluding hydrogens is 279 g/mol. The largest absolute Gasteiger partial charge is 0.419 e. The molecule has 0 N–H and O–H groups in total. The lowest BCUT2D eigenvalue weighted by atomic mass is 10.1. The highest BCUT2D eigenvalue weighted by molar-refractivity contribution is 5.75. The van der Waals surface area contributed by atoms with E-state index in [9.17, 15) is 18.4 Å². The van der Waals surface area contributed by atoms with Crippen molar-refractivity contribution in [1.29, 1.82) is 5.26 Å². The van der Waals surface area contributed by atoms with Crippen LogP contribution in [-0.2, 0) is 12.7 Å². The molecule has 0 aliphatic carbocycles. The van der Waals surface area contributed by atoms with E-state index in [4.69, 9.17) is 0 Å². The van der Waals surface area contributed by atoms with E-state index in [0.717, 1.165) is 0 Å². The summed E-state index contributed by atoms with van der Waals surface area (Å²) in [7, 11) is 0. The van der Waals surface area contributed by atoms with Gasteiger partial charge in [-0.05, 0) is 24.6 Å². The Balaban J connectivity index is 2.40. The highest BCUT2D eigenvalue weighted by Gasteiger charge is 2.41. The third-order valence-corrected chi connectivity index (χ3v) is 3.43. The van der Waals surface area contributed by atoms with Crippen LogP contribution in [-0.4, -0.2) is 9.55 Å². The van der Waals surface area contributed by atoms with Gasteiger partial charge in [0, 0.05) is 24.5 Å². The molecule has 2 aromatic rings. The molecule has 1 aliphatic heterocycles. The molecule has 21 heavy (non-hydrogen) atoms. The molecule has 3 heterocycles. The normalized spacial score (nSPS) is 13.8. The molecule has 0 radical (unpaired) electrons. The van der Waals surface area contributed by atoms with Crippen molar-refractivity contribution in [3.63, 3.8) is 0 Å². The summed E-state index contributed by atoms with van der Waals surface area (Å²) in [6, 6.07) is 4.87. The number of nitriles is 1. The van der Waals surface area contributed by atoms with E-state index in [1.807, 2.05) is 0 Å². The number of allylic oxidation sites excluding steroid dienone is 1. The third kappa shape index (κ3) is 2.11. The average molecular weight is 289 g/mol. The second kappa shape index (κ2) is 4.77. The van der Waals surface area contributed by atoms with Gasteiger partial charge in [0.25, 0.3) is 0 Å². The lowest BCUT2D eigenvalue weighted by molar-refractivity contribution is -0.137. The Morgan fingerprint density at radius 1 is 1.33 bits per heavy atom. The minimum absolute atomic E-state index is 0.0199. The van der Waals surface area contributed by atoms with E-state index >= 15 is 0 Å². The zero-order chi connectivity index (χ0) is 15.0. The summed E-state index contributed by atoms with van der Waals surface area (Å²) in [5.74, 6) is 0. The number of hydrogen-bond acceptors (Lipinski definition) is 2. The Bertz CT molecular complexity index is 749. The van der Waals surface area contributed by atoms with Crippen molar-refractivity contribution in [3.8, 4) is 17.3 Å². The van der Waals surface area contributed by atoms with Crippen LogP contribution in [0.25, 0.3) is 17.3 Å². The molecule has 0 fully saturated rings. The first-order valence-electron chi connectivity index (χ1n) is 6.34. The van der Waals surface area contributed by atoms with Crippen molar-refractivity contribution >= 4 is 6.08 Å². The molecule has 0 atom stereocenters. The number of aromatic nitrogens is 2. The van der Waals surface area contributed by atoms with E-state index in [0.29, 0.717) is 24.2 Å². The van der Waals surface area contributed by atoms with Crippen LogP contribution in [0.4, 0.5) is 13.2 Å². The van der Waals surface area contributed by atoms with Crippen molar-refractivity contribution in [2.24, 2.45) is 0 Å². The fourth-order valence-corrected chi connectivity index (χ4v) is 2.63. The molecule has 3 nitrogen and oxygen atoms in total. The number of hydrogen-bond donors (Lipinski definition) is 0. The van der Waals surface area contributed by atoms with Crippen LogP contribution < -0.4 is 0 Å². The summed E-state index contributed by atoms with van der Waals surface area (Å²) >= 11 is 0. The van der Waals surface area contributed by atoms with E-state index in [-0.39, 0.29) is 11.3 Å². The van der Waals surface area contributed by atoms with Crippen LogP contribution in [0, 0.1) is 11.3 Å². The minimum Gasteiger partial charge on any atom is -0.339 e. The van der Waals surface area contributed by atoms with Gasteiger partial charge in [0.2, 0.25) is 0 Å². The smallest absolute Gasteiger partial charge is 0.339 e. The predicted octanol–water partition coefficient (Wildman–Crippen LogP) is 3.86. The van der Waals surface area contributed by atoms with E-state index in [2.05, 4.69) is 4.98 Å². The van der Waals surface area contributed by atoms with Gasteiger partial charge in [-0.1, -0.05) is 6.08 Å². The Hall–Kier alpha value is -2.55. The van der Waals surface area contributed by atoms with Crippen LogP contribution in [0.2, 0.25) is 0 Å². The first-order valence-corrected chi connectivity index (χ1v) is 6.34. The van der Waals surface area contributed by atoms with Gasteiger partial charge < -0.3 is 4.57 Å². The molecule has 0 saturated heterocycles. The number of alkyl halides is 3. The van der Waals surface area contributed by atoms with E-state index < -0.39 is 11.7 Å². The second-order valence-corrected chi connectivity index (χ2v) is 4.68. The van der Waals surface area contributed by atoms with Gasteiger partial charge in [0.15, 0.2) is 0 Å². The van der Waals surface area contributed by atoms with Crippen LogP contribution in [0.3, 0.4) is 0 Å². The standard InChI is InChI=1S/C15H10F3N3/c16-15(17,18)13-11(8-19)12-5-1-2-7-21(12)14(13)10-4-3-6-20-9-10/h1,3-6,9H,2,7H2. The molecular formula is C15H10F3N3. The molecule has 6 heteroatoms. The van der Waals surface area contributed by atoms with E-state index in [1.165, 1.54) is 12.4 Å². The van der Waals surface area contributed by atoms with Crippen molar-refractivity contribution < 1.29 is 13.2 Å². The molecule has 1 aliphatic rings. The summed E-state index contributed by atoms with van der Waals surface area (Å²) in [6.45, 7) is 0.417. The Kier molecular flexibility index (Phi) is 3.05. The summed E-state index contributed by atoms with van der Waals surface area (Å²) < 4.78 is 41.9. The fourth-order valence-electron chi connectivity index (χ4n) is 2.63. The number of halogens is 3. The molecule has 106 valence electrons. The van der Waals surface area contributed by atoms with Crippen LogP contribution in [0.1, 0.15) is 23.2 Å². The minimum atomic E-state index is -4.59. The predicted molar refractivity (Wildman–Crippen MR) is 71.0 cm³/mol. The quantitative estimate of drug-likeness (QED) is 0.800. The zero-order valence-electron chi connectivity index (χ0n) is 10.9. The summed E-state index contributed by atoms with van der Waals surface area (Å²) in [5.41, 5.74) is -0.499. The number of fused-ring (bicyclic) bond motifs is 1. The first kappa shape index (κ1) is 13.4. The van der Waals surface area contributed by atoms with Crippen molar-refractivity contribution in [2.75, 3.05) is 0 Å². The topological polar surface area (TPSA) is 41.6 Å². The first-order chi connectivity index (χ1) is 10.0. The lowest BCUT2D eigenvalue weighted by Gasteiger charge is -2.15. The second-order valence-electron chi connectivity index (χ2n) is 4.68. The van der Waals surface area contributed by atoms with Gasteiger partial charge in [-0.25, -0.2) is 0 Å². The summed E-state index contributed by atoms with van der Waals surface area (Å²) in [6.07, 6.45) is 2.30. The Morgan fingerprint density at radius 3 is 2.76 bits per heavy atom. The SMILES string of the molecule is N#Cc1c(C(F)(F)F)c(-c2cccnc2)n2c1C=CCC2. The van der Waals surface area contributed by atoms with Crippen molar-refractivity contribution in [2.45, 2.75) is 19.1 Å². The Labute approximate surface area is 119 Å². The summed E-state index contributed by atoms with van der Waals surface area (Å²) in [4.78, 5) is 3.89. The molecule has 0 spiro atoms. The molecule has 0 saturated carbocycles. The number of rotatable bonds is 1. The maximum Gasteiger partial charge on any atom is 0.419 e. The molecule has 3 rings (SSSR count). The van der Waals surface area contributed by atoms with Gasteiger partial charge in [-0.3, -0.25) is 4.98 Å². The molecule has 0 unspecified atom stereocenters. The number of pyridine rings is 1. The third-order valence-electron chi connectivity index (χ3n) is 3.43. The van der Waals surface area contributed by atoms with Gasteiger partial charge >= 0.3 is 6.18 Å². The van der Waals surface area contributed by atoms with Crippen molar-refractivity contribution in [3.05, 3.63) is 47.4 Å². The maximum atomic E-state index is 13.5. The van der Waals surface area contributed by atoms with Gasteiger partial charge in [-0.2, -0.15) is 18.4 Å². The summed E-state index contributed by atoms with van der Waals surface area (Å²) in [5, 5.41) is 9.19. The Morgan fingerprint density at radius 2 is 2.14 bits per heavy atom. The molecule has 0 amide bonds. The molecule has 0 aromatic carbocycles. The van der Waals surface area contributed by atoms with Gasteiger partial charge in [-0.15, -0.1) is 0 Å². The zero-order valence-corrected chi connectivity index (χ0v) is 10.9. The molecule has 2 aromatic heterocycles. The van der Waals surface area contributed by atoms with Crippen LogP contribution in [0.15, 0.2) is 30.6 Å². The van der Waals surface area contributed by atoms with Gasteiger partial charge in [0.1, 0.15) is 6.07 Å². The van der Waals surface area contributed by atoms with E-state index in [1.54, 1.807) is 34.9 Å². The van der Waals surface area contributed by atoms with Gasteiger partial charge in [0.05, 0.1) is 22.5 Å². The lowest BCUT2D eigenvalue weighted by Crippen LogP contribution is -2.10. The highest BCUT2D eigenvalue weighted by Crippen LogP contribution is 2.43. The monoisotopic (exact) mass is 289 g/mol. The van der Waals surface area contributed by atoms with Crippen LogP contribution in [0.5, 0.6) is 0 Å². The molecule has 0 bridgehead atoms. The van der Waals surface area contributed by atoms with Crippen LogP contribution >= 0.6 is 0 Å². The van der Waals surface area contributed by atoms with Crippen molar-refractivity contribution in [1.82, 2.24) is 9.55 Å². The number of nitrogens with zero attached hydrogens (tertiary/aromatic N) is 3. The average Bonchev–Trinajstić information content (AvgIpc) is 2.82. The maximum absolute atomic E-state index is 13.5. The fraction of sp³-hybridized carbons (Fsp3) is 0.200.